The molecule has 4 heteroatoms. The highest BCUT2D eigenvalue weighted by Crippen LogP contribution is 2.22. The summed E-state index contributed by atoms with van der Waals surface area (Å²) in [5, 5.41) is 2.81. The van der Waals surface area contributed by atoms with Gasteiger partial charge in [0.05, 0.1) is 12.8 Å². The number of hydrogen-bond donors (Lipinski definition) is 1. The maximum atomic E-state index is 11.7. The van der Waals surface area contributed by atoms with Crippen molar-refractivity contribution in [1.29, 1.82) is 0 Å². The average molecular weight is 199 g/mol. The first-order valence-electron chi connectivity index (χ1n) is 4.12. The topological polar surface area (TPSA) is 21.3 Å². The van der Waals surface area contributed by atoms with Gasteiger partial charge in [0.1, 0.15) is 5.75 Å². The number of nitrogens with one attached hydrogen (secondary N) is 1. The monoisotopic (exact) mass is 199 g/mol. The van der Waals surface area contributed by atoms with Gasteiger partial charge >= 0.3 is 0 Å². The van der Waals surface area contributed by atoms with E-state index in [9.17, 15) is 8.78 Å². The van der Waals surface area contributed by atoms with Gasteiger partial charge in [-0.2, -0.15) is 8.78 Å². The molecular weight excluding hydrogens is 188 g/mol. The van der Waals surface area contributed by atoms with E-state index in [-0.39, 0.29) is 6.54 Å². The molecule has 14 heavy (non-hydrogen) atoms. The second-order valence-corrected chi connectivity index (χ2v) is 2.57. The van der Waals surface area contributed by atoms with Crippen LogP contribution in [-0.2, 0) is 0 Å². The lowest BCUT2D eigenvalue weighted by atomic mass is 10.3. The minimum absolute atomic E-state index is 0.0860. The van der Waals surface area contributed by atoms with E-state index in [1.165, 1.54) is 7.11 Å². The summed E-state index contributed by atoms with van der Waals surface area (Å²) in [6.07, 6.45) is -0.876. The Morgan fingerprint density at radius 3 is 2.79 bits per heavy atom. The fourth-order valence-corrected chi connectivity index (χ4v) is 1.03. The first-order valence-corrected chi connectivity index (χ1v) is 4.12. The zero-order valence-corrected chi connectivity index (χ0v) is 7.76. The van der Waals surface area contributed by atoms with E-state index in [0.717, 1.165) is 6.08 Å². The van der Waals surface area contributed by atoms with Crippen LogP contribution in [0.4, 0.5) is 14.5 Å². The Hall–Kier alpha value is -1.58. The van der Waals surface area contributed by atoms with E-state index in [1.54, 1.807) is 18.2 Å². The summed E-state index contributed by atoms with van der Waals surface area (Å²) in [5.74, 6) is 0.639. The first-order chi connectivity index (χ1) is 6.74. The Labute approximate surface area is 81.2 Å². The smallest absolute Gasteiger partial charge is 0.268 e. The maximum Gasteiger partial charge on any atom is 0.268 e. The molecule has 0 fully saturated rings. The van der Waals surface area contributed by atoms with Gasteiger partial charge in [0.2, 0.25) is 0 Å². The van der Waals surface area contributed by atoms with Gasteiger partial charge < -0.3 is 10.1 Å². The molecule has 0 aliphatic rings. The van der Waals surface area contributed by atoms with Crippen LogP contribution in [0.1, 0.15) is 0 Å². The van der Waals surface area contributed by atoms with Crippen LogP contribution >= 0.6 is 0 Å². The molecule has 0 aliphatic carbocycles. The fourth-order valence-electron chi connectivity index (χ4n) is 1.03. The number of rotatable bonds is 4. The predicted molar refractivity (Wildman–Crippen MR) is 51.8 cm³/mol. The van der Waals surface area contributed by atoms with Crippen LogP contribution in [0.25, 0.3) is 0 Å². The van der Waals surface area contributed by atoms with Gasteiger partial charge in [0, 0.05) is 12.6 Å². The van der Waals surface area contributed by atoms with Crippen LogP contribution in [0.2, 0.25) is 0 Å². The molecule has 1 rings (SSSR count). The van der Waals surface area contributed by atoms with Crippen molar-refractivity contribution in [2.24, 2.45) is 0 Å². The van der Waals surface area contributed by atoms with Crippen LogP contribution in [0.15, 0.2) is 36.4 Å². The summed E-state index contributed by atoms with van der Waals surface area (Å²) in [6.45, 7) is 0.0860. The standard InChI is InChI=1S/C10H11F2NO/c1-14-9-5-3-2-4-8(9)13-7-6-10(11)12/h2-6,13H,7H2,1H3. The SMILES string of the molecule is COc1ccccc1NCC=C(F)F. The molecule has 0 saturated carbocycles. The largest absolute Gasteiger partial charge is 0.495 e. The number of para-hydroxylation sites is 2. The van der Waals surface area contributed by atoms with Crippen molar-refractivity contribution in [2.75, 3.05) is 19.0 Å². The summed E-state index contributed by atoms with van der Waals surface area (Å²) < 4.78 is 28.5. The van der Waals surface area contributed by atoms with Gasteiger partial charge in [-0.1, -0.05) is 12.1 Å². The Bertz CT molecular complexity index is 322. The molecule has 0 spiro atoms. The lowest BCUT2D eigenvalue weighted by molar-refractivity contribution is 0.415. The summed E-state index contributed by atoms with van der Waals surface area (Å²) >= 11 is 0. The second kappa shape index (κ2) is 5.21. The van der Waals surface area contributed by atoms with Crippen LogP contribution in [-0.4, -0.2) is 13.7 Å². The number of methoxy groups -OCH3 is 1. The Kier molecular flexibility index (Phi) is 3.91. The maximum absolute atomic E-state index is 11.7. The molecule has 0 aliphatic heterocycles. The molecule has 1 N–H and O–H groups in total. The van der Waals surface area contributed by atoms with Gasteiger partial charge in [-0.25, -0.2) is 0 Å². The second-order valence-electron chi connectivity index (χ2n) is 2.57. The number of halogens is 2. The lowest BCUT2D eigenvalue weighted by Crippen LogP contribution is -2.00. The van der Waals surface area contributed by atoms with E-state index in [4.69, 9.17) is 4.74 Å². The van der Waals surface area contributed by atoms with Crippen LogP contribution in [0, 0.1) is 0 Å². The van der Waals surface area contributed by atoms with E-state index in [1.807, 2.05) is 6.07 Å². The third kappa shape index (κ3) is 3.05. The van der Waals surface area contributed by atoms with Crippen LogP contribution < -0.4 is 10.1 Å². The summed E-state index contributed by atoms with van der Waals surface area (Å²) in [7, 11) is 1.53. The van der Waals surface area contributed by atoms with E-state index >= 15 is 0 Å². The summed E-state index contributed by atoms with van der Waals surface area (Å²) in [6, 6.07) is 7.15. The van der Waals surface area contributed by atoms with Gasteiger partial charge in [0.15, 0.2) is 0 Å². The molecule has 1 aromatic rings. The van der Waals surface area contributed by atoms with E-state index < -0.39 is 6.08 Å². The van der Waals surface area contributed by atoms with Crippen molar-refractivity contribution in [3.8, 4) is 5.75 Å². The van der Waals surface area contributed by atoms with Gasteiger partial charge in [0.25, 0.3) is 6.08 Å². The quantitative estimate of drug-likeness (QED) is 0.805. The number of anilines is 1. The first kappa shape index (κ1) is 10.5. The molecule has 0 unspecified atom stereocenters. The van der Waals surface area contributed by atoms with Crippen molar-refractivity contribution in [2.45, 2.75) is 0 Å². The lowest BCUT2D eigenvalue weighted by Gasteiger charge is -2.08. The molecule has 0 heterocycles. The summed E-state index contributed by atoms with van der Waals surface area (Å²) in [5.41, 5.74) is 0.701. The van der Waals surface area contributed by atoms with Crippen molar-refractivity contribution in [3.05, 3.63) is 36.4 Å². The van der Waals surface area contributed by atoms with E-state index in [0.29, 0.717) is 11.4 Å². The van der Waals surface area contributed by atoms with Crippen molar-refractivity contribution in [1.82, 2.24) is 0 Å². The zero-order chi connectivity index (χ0) is 10.4. The van der Waals surface area contributed by atoms with Crippen LogP contribution in [0.5, 0.6) is 5.75 Å². The highest BCUT2D eigenvalue weighted by molar-refractivity contribution is 5.56. The van der Waals surface area contributed by atoms with Crippen molar-refractivity contribution >= 4 is 5.69 Å². The Morgan fingerprint density at radius 2 is 2.14 bits per heavy atom. The number of ether oxygens (including phenoxy) is 1. The molecule has 0 radical (unpaired) electrons. The molecule has 0 aromatic heterocycles. The fraction of sp³-hybridized carbons (Fsp3) is 0.200. The predicted octanol–water partition coefficient (Wildman–Crippen LogP) is 2.89. The number of hydrogen-bond acceptors (Lipinski definition) is 2. The van der Waals surface area contributed by atoms with E-state index in [2.05, 4.69) is 5.32 Å². The molecule has 2 nitrogen and oxygen atoms in total. The molecular formula is C10H11F2NO. The number of benzene rings is 1. The Morgan fingerprint density at radius 1 is 1.43 bits per heavy atom. The van der Waals surface area contributed by atoms with Gasteiger partial charge in [-0.15, -0.1) is 0 Å². The normalized spacial score (nSPS) is 9.36. The molecule has 0 saturated heterocycles. The third-order valence-electron chi connectivity index (χ3n) is 1.66. The molecule has 1 aromatic carbocycles. The van der Waals surface area contributed by atoms with Gasteiger partial charge in [-0.3, -0.25) is 0 Å². The zero-order valence-electron chi connectivity index (χ0n) is 7.76. The van der Waals surface area contributed by atoms with Crippen molar-refractivity contribution < 1.29 is 13.5 Å². The molecule has 0 bridgehead atoms. The highest BCUT2D eigenvalue weighted by Gasteiger charge is 1.98. The minimum Gasteiger partial charge on any atom is -0.495 e. The summed E-state index contributed by atoms with van der Waals surface area (Å²) in [4.78, 5) is 0. The Balaban J connectivity index is 2.62. The minimum atomic E-state index is -1.69. The third-order valence-corrected chi connectivity index (χ3v) is 1.66. The molecule has 0 atom stereocenters. The van der Waals surface area contributed by atoms with Crippen molar-refractivity contribution in [3.63, 3.8) is 0 Å². The average Bonchev–Trinajstić information content (AvgIpc) is 2.18. The molecule has 0 amide bonds. The molecule has 76 valence electrons. The van der Waals surface area contributed by atoms with Crippen LogP contribution in [0.3, 0.4) is 0 Å². The highest BCUT2D eigenvalue weighted by atomic mass is 19.3. The van der Waals surface area contributed by atoms with Gasteiger partial charge in [-0.05, 0) is 12.1 Å².